The fraction of sp³-hybridized carbons (Fsp3) is 0.762. The first-order chi connectivity index (χ1) is 13.6. The molecule has 1 aliphatic rings. The number of piperidine rings is 1. The van der Waals surface area contributed by atoms with Gasteiger partial charge in [0.2, 0.25) is 5.91 Å². The van der Waals surface area contributed by atoms with Crippen LogP contribution in [0, 0.1) is 17.8 Å². The predicted molar refractivity (Wildman–Crippen MR) is 117 cm³/mol. The molecule has 2 rings (SSSR count). The molecule has 1 aromatic heterocycles. The molecule has 1 fully saturated rings. The van der Waals surface area contributed by atoms with Crippen molar-refractivity contribution in [1.82, 2.24) is 14.5 Å². The molecule has 164 valence electrons. The van der Waals surface area contributed by atoms with Gasteiger partial charge in [-0.3, -0.25) is 24.0 Å². The highest BCUT2D eigenvalue weighted by Crippen LogP contribution is 2.22. The van der Waals surface area contributed by atoms with Gasteiger partial charge in [0, 0.05) is 26.2 Å². The van der Waals surface area contributed by atoms with Gasteiger partial charge in [-0.1, -0.05) is 41.0 Å². The Morgan fingerprint density at radius 2 is 1.86 bits per heavy atom. The smallest absolute Gasteiger partial charge is 0.330 e. The second kappa shape index (κ2) is 10.1. The molecule has 0 bridgehead atoms. The number of unbranched alkanes of at least 4 members (excludes halogenated alkanes) is 1. The van der Waals surface area contributed by atoms with E-state index in [9.17, 15) is 14.4 Å². The van der Waals surface area contributed by atoms with E-state index in [1.165, 1.54) is 9.47 Å². The molecule has 29 heavy (non-hydrogen) atoms. The number of amides is 1. The average Bonchev–Trinajstić information content (AvgIpc) is 2.60. The van der Waals surface area contributed by atoms with Gasteiger partial charge in [-0.15, -0.1) is 0 Å². The van der Waals surface area contributed by atoms with Gasteiger partial charge in [0.25, 0.3) is 5.56 Å². The van der Waals surface area contributed by atoms with Crippen molar-refractivity contribution in [2.45, 2.75) is 60.4 Å². The van der Waals surface area contributed by atoms with Crippen LogP contribution in [0.2, 0.25) is 0 Å². The molecule has 8 nitrogen and oxygen atoms in total. The summed E-state index contributed by atoms with van der Waals surface area (Å²) < 4.78 is 1.36. The van der Waals surface area contributed by atoms with Crippen LogP contribution in [0.5, 0.6) is 0 Å². The second-order valence-corrected chi connectivity index (χ2v) is 9.04. The number of aromatic amines is 1. The minimum atomic E-state index is -0.600. The van der Waals surface area contributed by atoms with E-state index < -0.39 is 11.2 Å². The van der Waals surface area contributed by atoms with E-state index in [4.69, 9.17) is 5.73 Å². The largest absolute Gasteiger partial charge is 0.383 e. The second-order valence-electron chi connectivity index (χ2n) is 9.04. The number of nitrogens with zero attached hydrogens (tertiary/aromatic N) is 3. The number of likely N-dealkylation sites (tertiary alicyclic amines) is 1. The van der Waals surface area contributed by atoms with E-state index in [1.807, 2.05) is 20.8 Å². The maximum absolute atomic E-state index is 13.2. The monoisotopic (exact) mass is 407 g/mol. The molecule has 0 radical (unpaired) electrons. The van der Waals surface area contributed by atoms with Gasteiger partial charge in [0.1, 0.15) is 5.82 Å². The van der Waals surface area contributed by atoms with Gasteiger partial charge in [-0.25, -0.2) is 4.79 Å². The van der Waals surface area contributed by atoms with Crippen LogP contribution in [-0.4, -0.2) is 46.5 Å². The van der Waals surface area contributed by atoms with E-state index in [2.05, 4.69) is 23.7 Å². The summed E-state index contributed by atoms with van der Waals surface area (Å²) in [6, 6.07) is 0. The first-order valence-electron chi connectivity index (χ1n) is 10.8. The Bertz CT molecular complexity index is 804. The van der Waals surface area contributed by atoms with Crippen molar-refractivity contribution in [3.05, 3.63) is 20.8 Å². The van der Waals surface area contributed by atoms with Crippen LogP contribution in [0.25, 0.3) is 0 Å². The van der Waals surface area contributed by atoms with Crippen molar-refractivity contribution in [2.75, 3.05) is 36.8 Å². The number of rotatable bonds is 8. The van der Waals surface area contributed by atoms with E-state index in [0.717, 1.165) is 32.4 Å². The van der Waals surface area contributed by atoms with Crippen molar-refractivity contribution >= 4 is 17.4 Å². The van der Waals surface area contributed by atoms with E-state index >= 15 is 0 Å². The van der Waals surface area contributed by atoms with Gasteiger partial charge in [-0.2, -0.15) is 0 Å². The van der Waals surface area contributed by atoms with Gasteiger partial charge >= 0.3 is 5.69 Å². The molecule has 0 spiro atoms. The number of aromatic nitrogens is 2. The van der Waals surface area contributed by atoms with Crippen LogP contribution >= 0.6 is 0 Å². The molecule has 2 atom stereocenters. The van der Waals surface area contributed by atoms with Crippen molar-refractivity contribution < 1.29 is 4.79 Å². The highest BCUT2D eigenvalue weighted by Gasteiger charge is 2.28. The molecule has 2 heterocycles. The molecule has 1 aromatic rings. The normalized spacial score (nSPS) is 20.2. The lowest BCUT2D eigenvalue weighted by Gasteiger charge is -2.35. The Hall–Kier alpha value is -2.09. The zero-order valence-corrected chi connectivity index (χ0v) is 18.5. The third kappa shape index (κ3) is 5.95. The molecule has 3 N–H and O–H groups in total. The predicted octanol–water partition coefficient (Wildman–Crippen LogP) is 1.89. The Labute approximate surface area is 173 Å². The van der Waals surface area contributed by atoms with Crippen molar-refractivity contribution in [2.24, 2.45) is 17.8 Å². The van der Waals surface area contributed by atoms with E-state index in [1.54, 1.807) is 0 Å². The van der Waals surface area contributed by atoms with E-state index in [-0.39, 0.29) is 29.9 Å². The number of anilines is 2. The number of nitrogens with one attached hydrogen (secondary N) is 1. The molecule has 0 aliphatic carbocycles. The SMILES string of the molecule is CCCCN(C(=O)CN1C[C@H](C)C[C@H](C)C1)c1c(N)n(CC(C)C)c(=O)[nH]c1=O. The summed E-state index contributed by atoms with van der Waals surface area (Å²) in [4.78, 5) is 44.1. The van der Waals surface area contributed by atoms with Crippen LogP contribution in [0.3, 0.4) is 0 Å². The highest BCUT2D eigenvalue weighted by molar-refractivity contribution is 5.96. The Balaban J connectivity index is 2.37. The Morgan fingerprint density at radius 1 is 1.24 bits per heavy atom. The summed E-state index contributed by atoms with van der Waals surface area (Å²) in [6.07, 6.45) is 2.79. The maximum Gasteiger partial charge on any atom is 0.330 e. The summed E-state index contributed by atoms with van der Waals surface area (Å²) in [6.45, 7) is 13.1. The topological polar surface area (TPSA) is 104 Å². The van der Waals surface area contributed by atoms with Crippen LogP contribution in [0.4, 0.5) is 11.5 Å². The zero-order chi connectivity index (χ0) is 21.7. The lowest BCUT2D eigenvalue weighted by atomic mass is 9.92. The van der Waals surface area contributed by atoms with E-state index in [0.29, 0.717) is 24.9 Å². The Morgan fingerprint density at radius 3 is 2.41 bits per heavy atom. The molecule has 0 aromatic carbocycles. The lowest BCUT2D eigenvalue weighted by Crippen LogP contribution is -2.48. The minimum absolute atomic E-state index is 0.0669. The summed E-state index contributed by atoms with van der Waals surface area (Å²) in [5, 5.41) is 0. The van der Waals surface area contributed by atoms with Crippen LogP contribution in [0.15, 0.2) is 9.59 Å². The molecule has 1 aliphatic heterocycles. The number of hydrogen-bond donors (Lipinski definition) is 2. The number of carbonyl (C=O) groups excluding carboxylic acids is 1. The molecule has 0 unspecified atom stereocenters. The summed E-state index contributed by atoms with van der Waals surface area (Å²) in [5.41, 5.74) is 5.22. The fourth-order valence-electron chi connectivity index (χ4n) is 4.26. The lowest BCUT2D eigenvalue weighted by molar-refractivity contribution is -0.120. The quantitative estimate of drug-likeness (QED) is 0.685. The van der Waals surface area contributed by atoms with Gasteiger partial charge in [0.15, 0.2) is 5.69 Å². The minimum Gasteiger partial charge on any atom is -0.383 e. The molecule has 1 amide bonds. The van der Waals surface area contributed by atoms with Gasteiger partial charge in [0.05, 0.1) is 6.54 Å². The highest BCUT2D eigenvalue weighted by atomic mass is 16.2. The number of nitrogens with two attached hydrogens (primary N) is 1. The van der Waals surface area contributed by atoms with Crippen LogP contribution in [-0.2, 0) is 11.3 Å². The third-order valence-corrected chi connectivity index (χ3v) is 5.37. The Kier molecular flexibility index (Phi) is 8.07. The molecular formula is C21H37N5O3. The van der Waals surface area contributed by atoms with Crippen molar-refractivity contribution in [1.29, 1.82) is 0 Å². The first kappa shape index (κ1) is 23.2. The summed E-state index contributed by atoms with van der Waals surface area (Å²) >= 11 is 0. The van der Waals surface area contributed by atoms with Gasteiger partial charge in [-0.05, 0) is 30.6 Å². The molecular weight excluding hydrogens is 370 g/mol. The number of carbonyl (C=O) groups is 1. The number of H-pyrrole nitrogens is 1. The van der Waals surface area contributed by atoms with Crippen molar-refractivity contribution in [3.63, 3.8) is 0 Å². The molecule has 0 saturated carbocycles. The number of hydrogen-bond acceptors (Lipinski definition) is 5. The standard InChI is InChI=1S/C21H37N5O3/c1-6-7-8-25(17(27)13-24-11-15(4)9-16(5)12-24)18-19(22)26(10-14(2)3)21(29)23-20(18)28/h14-16H,6-13,22H2,1-5H3,(H,23,28,29)/t15-,16+. The van der Waals surface area contributed by atoms with Crippen LogP contribution in [0.1, 0.15) is 53.9 Å². The fourth-order valence-corrected chi connectivity index (χ4v) is 4.26. The van der Waals surface area contributed by atoms with Crippen molar-refractivity contribution in [3.8, 4) is 0 Å². The summed E-state index contributed by atoms with van der Waals surface area (Å²) in [5.74, 6) is 1.17. The zero-order valence-electron chi connectivity index (χ0n) is 18.5. The van der Waals surface area contributed by atoms with Crippen LogP contribution < -0.4 is 21.9 Å². The maximum atomic E-state index is 13.2. The molecule has 1 saturated heterocycles. The summed E-state index contributed by atoms with van der Waals surface area (Å²) in [7, 11) is 0. The first-order valence-corrected chi connectivity index (χ1v) is 10.8. The van der Waals surface area contributed by atoms with Gasteiger partial charge < -0.3 is 10.6 Å². The average molecular weight is 408 g/mol. The number of nitrogen functional groups attached to an aromatic ring is 1. The molecule has 8 heteroatoms. The third-order valence-electron chi connectivity index (χ3n) is 5.37.